The molecular weight excluding hydrogens is 1570 g/mol. The molecule has 6 atom stereocenters. The fourth-order valence-electron chi connectivity index (χ4n) is 16.1. The molecule has 5 aromatic carbocycles. The minimum atomic E-state index is -6.15. The predicted molar refractivity (Wildman–Crippen MR) is 448 cm³/mol. The Balaban J connectivity index is 0.622. The Kier molecular flexibility index (Phi) is 30.2. The number of aryl methyl sites for hydroxylation is 1. The van der Waals surface area contributed by atoms with Gasteiger partial charge in [-0.05, 0) is 152 Å². The summed E-state index contributed by atoms with van der Waals surface area (Å²) >= 11 is 9.40. The number of likely N-dealkylation sites (tertiary alicyclic amines) is 1. The van der Waals surface area contributed by atoms with Gasteiger partial charge in [0.1, 0.15) is 17.0 Å². The van der Waals surface area contributed by atoms with Crippen molar-refractivity contribution in [3.63, 3.8) is 0 Å². The molecular formula is C84H110ClF3N12O11S4. The molecule has 1 unspecified atom stereocenters. The molecule has 6 N–H and O–H groups in total. The van der Waals surface area contributed by atoms with Crippen LogP contribution >= 0.6 is 34.7 Å². The summed E-state index contributed by atoms with van der Waals surface area (Å²) in [5, 5.41) is 30.7. The predicted octanol–water partition coefficient (Wildman–Crippen LogP) is 12.3. The number of nitrogens with zero attached hydrogens (tertiary/aromatic N) is 8. The van der Waals surface area contributed by atoms with Crippen LogP contribution in [0.1, 0.15) is 128 Å². The van der Waals surface area contributed by atoms with Crippen LogP contribution in [0.25, 0.3) is 16.0 Å². The number of hydrogen-bond acceptors (Lipinski definition) is 20. The number of sulfone groups is 2. The zero-order valence-corrected chi connectivity index (χ0v) is 70.5. The lowest BCUT2D eigenvalue weighted by Crippen LogP contribution is -2.57. The van der Waals surface area contributed by atoms with Crippen LogP contribution < -0.4 is 26.2 Å². The lowest BCUT2D eigenvalue weighted by Gasteiger charge is -2.44. The molecule has 1 aliphatic carbocycles. The number of alkyl halides is 3. The highest BCUT2D eigenvalue weighted by molar-refractivity contribution is 8.06. The summed E-state index contributed by atoms with van der Waals surface area (Å²) in [7, 11) is -11.3. The molecule has 4 saturated heterocycles. The Morgan fingerprint density at radius 2 is 1.38 bits per heavy atom. The maximum absolute atomic E-state index is 14.5. The first-order valence-electron chi connectivity index (χ1n) is 39.9. The van der Waals surface area contributed by atoms with Crippen LogP contribution in [0.15, 0.2) is 147 Å². The van der Waals surface area contributed by atoms with E-state index in [0.29, 0.717) is 94.9 Å². The number of thiazole rings is 1. The van der Waals surface area contributed by atoms with E-state index in [1.807, 2.05) is 112 Å². The maximum atomic E-state index is 14.5. The number of thioether (sulfide) groups is 1. The number of aromatic nitrogens is 1. The van der Waals surface area contributed by atoms with Gasteiger partial charge in [0.05, 0.1) is 45.4 Å². The number of β-amino-alcohol motifs (C(OH)–C–C–N with tert-alkyl or cyclic N) is 2. The number of benzene rings is 5. The van der Waals surface area contributed by atoms with Crippen molar-refractivity contribution in [1.29, 1.82) is 0 Å². The van der Waals surface area contributed by atoms with E-state index in [1.54, 1.807) is 35.6 Å². The van der Waals surface area contributed by atoms with Crippen molar-refractivity contribution in [3.8, 4) is 10.4 Å². The molecule has 115 heavy (non-hydrogen) atoms. The molecule has 4 aliphatic heterocycles. The zero-order valence-electron chi connectivity index (χ0n) is 66.5. The second-order valence-electron chi connectivity index (χ2n) is 32.5. The SMILES string of the molecule is Cc1ncsc1-c1ccc([C@H](C)NC(=O)[C@@H]2C[C@@H](O)CN2C(=O)[C@@H](NC(=O)CCCCCCC(=O)N2CCN(CC3(C)CCC(c4ccc(Cl)cc4)=C(CN4CCN(c5ccc(NC(=O)S(=O)(=O)c6ccc(N[C@H](CCN7CCN(CCO)CC7)CSc7ccccc7)c(S(=O)(=O)C(F)(F)F)c6)cc5)CC4)C3)CC2)C(C)(C)C)cc1. The number of allylic oxidation sites excluding steroid dienone is 1. The first kappa shape index (κ1) is 88.3. The standard InChI is InChI=1S/C84H110ClF3N12O11S4/c1-58(60-18-20-62(21-19-60)77-59(2)89-57-113-77)90-79(105)73-50-68(102)54-100(73)80(106)78(82(3,4)5)93-75(103)16-12-7-8-13-17-76(104)99-46-42-97(43-47-99)56-83(6)34-32-71(61-22-24-64(85)25-23-61)63(52-83)53-96-40-44-98(45-41-96)67-28-26-65(27-29-67)92-81(107)114(108,109)70-30-31-72(74(51-70)115(110,111)84(86,87)88)91-66(55-112-69-14-10-9-11-15-69)33-35-94-36-38-95(39-37-94)48-49-101/h9-11,14-15,18-31,51,57-58,66,68,73,78,91,101-102H,7-8,12-13,16-17,32-50,52-56H2,1-6H3,(H,90,105)(H,92,107)(H,93,103)/t58-,66+,68+,73-,78+,83?/m0/s1. The minimum Gasteiger partial charge on any atom is -0.395 e. The van der Waals surface area contributed by atoms with Gasteiger partial charge in [0.25, 0.3) is 19.7 Å². The molecule has 23 nitrogen and oxygen atoms in total. The van der Waals surface area contributed by atoms with E-state index >= 15 is 0 Å². The van der Waals surface area contributed by atoms with Crippen LogP contribution in [0, 0.1) is 17.8 Å². The van der Waals surface area contributed by atoms with Crippen molar-refractivity contribution < 1.29 is 64.2 Å². The summed E-state index contributed by atoms with van der Waals surface area (Å²) in [5.74, 6) is -0.611. The number of rotatable bonds is 32. The summed E-state index contributed by atoms with van der Waals surface area (Å²) in [6, 6.07) is 31.4. The quantitative estimate of drug-likeness (QED) is 0.0169. The maximum Gasteiger partial charge on any atom is 0.501 e. The van der Waals surface area contributed by atoms with Gasteiger partial charge in [-0.1, -0.05) is 112 Å². The third-order valence-electron chi connectivity index (χ3n) is 22.8. The fourth-order valence-corrected chi connectivity index (χ4v) is 20.0. The Morgan fingerprint density at radius 1 is 0.748 bits per heavy atom. The van der Waals surface area contributed by atoms with Gasteiger partial charge in [0.15, 0.2) is 0 Å². The molecule has 31 heteroatoms. The largest absolute Gasteiger partial charge is 0.501 e. The summed E-state index contributed by atoms with van der Waals surface area (Å²) in [6.07, 6.45) is 5.74. The number of amides is 5. The molecule has 5 amide bonds. The monoisotopic (exact) mass is 1680 g/mol. The van der Waals surface area contributed by atoms with E-state index < -0.39 is 81.5 Å². The van der Waals surface area contributed by atoms with Crippen LogP contribution in [0.5, 0.6) is 0 Å². The highest BCUT2D eigenvalue weighted by Crippen LogP contribution is 2.45. The van der Waals surface area contributed by atoms with Gasteiger partial charge in [0.2, 0.25) is 23.6 Å². The van der Waals surface area contributed by atoms with Crippen molar-refractivity contribution in [2.45, 2.75) is 163 Å². The lowest BCUT2D eigenvalue weighted by molar-refractivity contribution is -0.144. The highest BCUT2D eigenvalue weighted by atomic mass is 35.5. The van der Waals surface area contributed by atoms with Gasteiger partial charge in [0, 0.05) is 164 Å². The lowest BCUT2D eigenvalue weighted by atomic mass is 9.71. The molecule has 11 rings (SSSR count). The number of aliphatic hydroxyl groups excluding tert-OH is 2. The van der Waals surface area contributed by atoms with Gasteiger partial charge in [-0.15, -0.1) is 23.1 Å². The number of aliphatic hydroxyl groups is 2. The second kappa shape index (κ2) is 39.4. The van der Waals surface area contributed by atoms with E-state index in [0.717, 1.165) is 134 Å². The van der Waals surface area contributed by atoms with Crippen molar-refractivity contribution >= 4 is 106 Å². The zero-order chi connectivity index (χ0) is 82.4. The second-order valence-corrected chi connectivity index (χ2v) is 38.7. The topological polar surface area (TPSA) is 278 Å². The molecule has 4 fully saturated rings. The molecule has 0 spiro atoms. The summed E-state index contributed by atoms with van der Waals surface area (Å²) in [6.45, 7) is 23.0. The number of anilines is 3. The molecule has 0 saturated carbocycles. The third kappa shape index (κ3) is 23.5. The number of unbranched alkanes of at least 4 members (excludes halogenated alkanes) is 3. The average molecular weight is 1680 g/mol. The van der Waals surface area contributed by atoms with Gasteiger partial charge in [-0.25, -0.2) is 21.8 Å². The number of hydrogen-bond donors (Lipinski definition) is 6. The van der Waals surface area contributed by atoms with E-state index in [2.05, 4.69) is 69.8 Å². The van der Waals surface area contributed by atoms with E-state index in [-0.39, 0.29) is 60.9 Å². The Morgan fingerprint density at radius 3 is 2.02 bits per heavy atom. The van der Waals surface area contributed by atoms with Crippen LogP contribution in [-0.2, 0) is 38.9 Å². The number of carbonyl (C=O) groups is 5. The first-order chi connectivity index (χ1) is 54.7. The van der Waals surface area contributed by atoms with Crippen molar-refractivity contribution in [2.24, 2.45) is 10.8 Å². The van der Waals surface area contributed by atoms with Crippen molar-refractivity contribution in [3.05, 3.63) is 154 Å². The van der Waals surface area contributed by atoms with Gasteiger partial charge >= 0.3 is 10.7 Å². The highest BCUT2D eigenvalue weighted by Gasteiger charge is 2.49. The molecule has 0 radical (unpaired) electrons. The van der Waals surface area contributed by atoms with E-state index in [4.69, 9.17) is 11.6 Å². The summed E-state index contributed by atoms with van der Waals surface area (Å²) < 4.78 is 98.0. The normalized spacial score (nSPS) is 20.1. The third-order valence-corrected chi connectivity index (χ3v) is 28.2. The Labute approximate surface area is 688 Å². The van der Waals surface area contributed by atoms with Crippen LogP contribution in [0.3, 0.4) is 0 Å². The van der Waals surface area contributed by atoms with E-state index in [9.17, 15) is 64.2 Å². The minimum absolute atomic E-state index is 0.0219. The number of nitrogens with one attached hydrogen (secondary N) is 4. The number of piperazine rings is 3. The van der Waals surface area contributed by atoms with E-state index in [1.165, 1.54) is 27.8 Å². The first-order valence-corrected chi connectivity index (χ1v) is 45.1. The molecule has 624 valence electrons. The van der Waals surface area contributed by atoms with Crippen LogP contribution in [0.4, 0.5) is 35.0 Å². The van der Waals surface area contributed by atoms with Gasteiger partial charge in [-0.3, -0.25) is 38.7 Å². The van der Waals surface area contributed by atoms with Gasteiger partial charge in [-0.2, -0.15) is 13.2 Å². The number of halogens is 4. The molecule has 6 aromatic rings. The Hall–Kier alpha value is -7.49. The molecule has 5 heterocycles. The number of carbonyl (C=O) groups excluding carboxylic acids is 5. The molecule has 5 aliphatic rings. The van der Waals surface area contributed by atoms with Crippen molar-refractivity contribution in [2.75, 3.05) is 139 Å². The Bertz CT molecular complexity index is 4580. The molecule has 1 aromatic heterocycles. The van der Waals surface area contributed by atoms with Crippen molar-refractivity contribution in [1.82, 2.24) is 45.0 Å². The molecule has 0 bridgehead atoms. The fraction of sp³-hybridized carbons (Fsp3) is 0.524. The van der Waals surface area contributed by atoms with Gasteiger partial charge < -0.3 is 51.1 Å². The summed E-state index contributed by atoms with van der Waals surface area (Å²) in [4.78, 5) is 87.9. The van der Waals surface area contributed by atoms with Crippen LogP contribution in [-0.4, -0.2) is 244 Å². The smallest absolute Gasteiger partial charge is 0.395 e. The summed E-state index contributed by atoms with van der Waals surface area (Å²) in [5.41, 5.74) is 2.48. The van der Waals surface area contributed by atoms with Crippen LogP contribution in [0.2, 0.25) is 5.02 Å². The average Bonchev–Trinajstić information content (AvgIpc) is 1.40.